The number of carbonyl (C=O) groups excluding carboxylic acids is 1. The van der Waals surface area contributed by atoms with Crippen LogP contribution in [0.5, 0.6) is 11.5 Å². The van der Waals surface area contributed by atoms with Crippen LogP contribution in [0, 0.1) is 0 Å². The average molecular weight is 373 g/mol. The minimum Gasteiger partial charge on any atom is -0.497 e. The SMILES string of the molecule is C=CCSc1nc2c(c(=O)[nH]1)[C@H](c1ccc(OC)cc1OC)CC(=O)N2. The van der Waals surface area contributed by atoms with Gasteiger partial charge in [0.05, 0.1) is 19.8 Å². The Morgan fingerprint density at radius 3 is 2.85 bits per heavy atom. The minimum atomic E-state index is -0.450. The summed E-state index contributed by atoms with van der Waals surface area (Å²) in [4.78, 5) is 32.1. The molecule has 3 rings (SSSR count). The van der Waals surface area contributed by atoms with Gasteiger partial charge in [-0.2, -0.15) is 0 Å². The van der Waals surface area contributed by atoms with E-state index in [1.165, 1.54) is 11.8 Å². The normalized spacial score (nSPS) is 15.8. The van der Waals surface area contributed by atoms with Crippen molar-refractivity contribution in [2.45, 2.75) is 17.5 Å². The topological polar surface area (TPSA) is 93.3 Å². The van der Waals surface area contributed by atoms with E-state index in [9.17, 15) is 9.59 Å². The quantitative estimate of drug-likeness (QED) is 0.459. The van der Waals surface area contributed by atoms with Crippen molar-refractivity contribution in [3.05, 3.63) is 52.3 Å². The van der Waals surface area contributed by atoms with Gasteiger partial charge in [0, 0.05) is 29.7 Å². The van der Waals surface area contributed by atoms with E-state index in [4.69, 9.17) is 9.47 Å². The summed E-state index contributed by atoms with van der Waals surface area (Å²) in [5.41, 5.74) is 0.892. The molecule has 0 saturated carbocycles. The third kappa shape index (κ3) is 3.45. The first-order valence-corrected chi connectivity index (χ1v) is 8.95. The van der Waals surface area contributed by atoms with Crippen molar-refractivity contribution in [3.63, 3.8) is 0 Å². The Hall–Kier alpha value is -2.74. The summed E-state index contributed by atoms with van der Waals surface area (Å²) in [5.74, 6) is 1.44. The van der Waals surface area contributed by atoms with Gasteiger partial charge in [0.2, 0.25) is 5.91 Å². The number of hydrogen-bond acceptors (Lipinski definition) is 6. The van der Waals surface area contributed by atoms with Gasteiger partial charge in [-0.05, 0) is 6.07 Å². The number of rotatable bonds is 6. The number of aromatic nitrogens is 2. The number of fused-ring (bicyclic) bond motifs is 1. The van der Waals surface area contributed by atoms with Crippen LogP contribution in [0.3, 0.4) is 0 Å². The maximum atomic E-state index is 12.7. The number of nitrogens with zero attached hydrogens (tertiary/aromatic N) is 1. The largest absolute Gasteiger partial charge is 0.497 e. The molecule has 2 N–H and O–H groups in total. The van der Waals surface area contributed by atoms with Crippen molar-refractivity contribution in [3.8, 4) is 11.5 Å². The molecule has 8 heteroatoms. The fourth-order valence-electron chi connectivity index (χ4n) is 2.93. The lowest BCUT2D eigenvalue weighted by Crippen LogP contribution is -2.31. The van der Waals surface area contributed by atoms with Crippen molar-refractivity contribution in [2.24, 2.45) is 0 Å². The molecule has 0 aliphatic carbocycles. The Morgan fingerprint density at radius 2 is 2.15 bits per heavy atom. The van der Waals surface area contributed by atoms with Gasteiger partial charge >= 0.3 is 0 Å². The fraction of sp³-hybridized carbons (Fsp3) is 0.278. The molecule has 0 radical (unpaired) electrons. The Kier molecular flexibility index (Phi) is 5.32. The van der Waals surface area contributed by atoms with E-state index in [0.717, 1.165) is 5.56 Å². The van der Waals surface area contributed by atoms with E-state index in [0.29, 0.717) is 33.8 Å². The van der Waals surface area contributed by atoms with Gasteiger partial charge in [-0.25, -0.2) is 4.98 Å². The molecule has 1 aromatic heterocycles. The van der Waals surface area contributed by atoms with Crippen molar-refractivity contribution in [1.82, 2.24) is 9.97 Å². The molecular formula is C18H19N3O4S. The first kappa shape index (κ1) is 18.1. The molecule has 1 amide bonds. The van der Waals surface area contributed by atoms with Gasteiger partial charge in [-0.15, -0.1) is 6.58 Å². The number of aromatic amines is 1. The maximum Gasteiger partial charge on any atom is 0.257 e. The predicted molar refractivity (Wildman–Crippen MR) is 100 cm³/mol. The van der Waals surface area contributed by atoms with Crippen LogP contribution in [0.15, 0.2) is 40.8 Å². The third-order valence-corrected chi connectivity index (χ3v) is 4.95. The maximum absolute atomic E-state index is 12.7. The molecule has 136 valence electrons. The lowest BCUT2D eigenvalue weighted by molar-refractivity contribution is -0.116. The summed E-state index contributed by atoms with van der Waals surface area (Å²) in [6.45, 7) is 3.65. The summed E-state index contributed by atoms with van der Waals surface area (Å²) < 4.78 is 10.7. The molecule has 0 unspecified atom stereocenters. The Balaban J connectivity index is 2.10. The van der Waals surface area contributed by atoms with Gasteiger partial charge in [0.15, 0.2) is 5.16 Å². The van der Waals surface area contributed by atoms with Crippen LogP contribution >= 0.6 is 11.8 Å². The summed E-state index contributed by atoms with van der Waals surface area (Å²) in [6, 6.07) is 5.32. The fourth-order valence-corrected chi connectivity index (χ4v) is 3.53. The van der Waals surface area contributed by atoms with Crippen LogP contribution in [-0.4, -0.2) is 35.8 Å². The van der Waals surface area contributed by atoms with E-state index in [1.54, 1.807) is 32.4 Å². The van der Waals surface area contributed by atoms with Gasteiger partial charge in [0.25, 0.3) is 5.56 Å². The molecular weight excluding hydrogens is 354 g/mol. The highest BCUT2D eigenvalue weighted by molar-refractivity contribution is 7.99. The number of thioether (sulfide) groups is 1. The predicted octanol–water partition coefficient (Wildman–Crippen LogP) is 2.54. The van der Waals surface area contributed by atoms with Crippen molar-refractivity contribution >= 4 is 23.5 Å². The number of nitrogens with one attached hydrogen (secondary N) is 2. The molecule has 1 aliphatic rings. The smallest absolute Gasteiger partial charge is 0.257 e. The van der Waals surface area contributed by atoms with Gasteiger partial charge < -0.3 is 19.8 Å². The standard InChI is InChI=1S/C18H19N3O4S/c1-4-7-26-18-20-16-15(17(23)21-18)12(9-14(22)19-16)11-6-5-10(24-2)8-13(11)25-3/h4-6,8,12H,1,7,9H2,2-3H3,(H2,19,20,21,22,23)/t12-/m0/s1. The van der Waals surface area contributed by atoms with Crippen LogP contribution in [0.1, 0.15) is 23.5 Å². The van der Waals surface area contributed by atoms with E-state index >= 15 is 0 Å². The Morgan fingerprint density at radius 1 is 1.35 bits per heavy atom. The molecule has 2 heterocycles. The second-order valence-corrected chi connectivity index (χ2v) is 6.65. The number of hydrogen-bond donors (Lipinski definition) is 2. The zero-order chi connectivity index (χ0) is 18.7. The summed E-state index contributed by atoms with van der Waals surface area (Å²) in [7, 11) is 3.11. The molecule has 0 saturated heterocycles. The number of carbonyl (C=O) groups is 1. The van der Waals surface area contributed by atoms with Crippen molar-refractivity contribution in [1.29, 1.82) is 0 Å². The molecule has 0 spiro atoms. The van der Waals surface area contributed by atoms with E-state index in [-0.39, 0.29) is 17.9 Å². The number of methoxy groups -OCH3 is 2. The van der Waals surface area contributed by atoms with Crippen LogP contribution in [-0.2, 0) is 4.79 Å². The monoisotopic (exact) mass is 373 g/mol. The van der Waals surface area contributed by atoms with Crippen molar-refractivity contribution < 1.29 is 14.3 Å². The Bertz CT molecular complexity index is 910. The van der Waals surface area contributed by atoms with Gasteiger partial charge in [-0.3, -0.25) is 9.59 Å². The van der Waals surface area contributed by atoms with Gasteiger partial charge in [-0.1, -0.05) is 23.9 Å². The lowest BCUT2D eigenvalue weighted by atomic mass is 9.86. The molecule has 1 aromatic carbocycles. The highest BCUT2D eigenvalue weighted by atomic mass is 32.2. The van der Waals surface area contributed by atoms with Gasteiger partial charge in [0.1, 0.15) is 17.3 Å². The Labute approximate surface area is 154 Å². The minimum absolute atomic E-state index is 0.138. The van der Waals surface area contributed by atoms with Crippen LogP contribution in [0.25, 0.3) is 0 Å². The first-order valence-electron chi connectivity index (χ1n) is 7.97. The molecule has 1 aliphatic heterocycles. The van der Waals surface area contributed by atoms with Crippen LogP contribution in [0.4, 0.5) is 5.82 Å². The van der Waals surface area contributed by atoms with E-state index in [1.807, 2.05) is 6.07 Å². The number of anilines is 1. The van der Waals surface area contributed by atoms with E-state index < -0.39 is 5.92 Å². The molecule has 7 nitrogen and oxygen atoms in total. The number of ether oxygens (including phenoxy) is 2. The molecule has 26 heavy (non-hydrogen) atoms. The second-order valence-electron chi connectivity index (χ2n) is 5.65. The molecule has 0 bridgehead atoms. The van der Waals surface area contributed by atoms with Crippen LogP contribution < -0.4 is 20.3 Å². The van der Waals surface area contributed by atoms with Crippen molar-refractivity contribution in [2.75, 3.05) is 25.3 Å². The summed E-state index contributed by atoms with van der Waals surface area (Å²) >= 11 is 1.34. The summed E-state index contributed by atoms with van der Waals surface area (Å²) in [5, 5.41) is 3.14. The zero-order valence-corrected chi connectivity index (χ0v) is 15.3. The average Bonchev–Trinajstić information content (AvgIpc) is 2.64. The zero-order valence-electron chi connectivity index (χ0n) is 14.5. The number of H-pyrrole nitrogens is 1. The first-order chi connectivity index (χ1) is 12.6. The van der Waals surface area contributed by atoms with Crippen LogP contribution in [0.2, 0.25) is 0 Å². The van der Waals surface area contributed by atoms with E-state index in [2.05, 4.69) is 21.9 Å². The highest BCUT2D eigenvalue weighted by Crippen LogP contribution is 2.39. The molecule has 2 aromatic rings. The molecule has 0 fully saturated rings. The third-order valence-electron chi connectivity index (χ3n) is 4.08. The number of benzene rings is 1. The number of amides is 1. The highest BCUT2D eigenvalue weighted by Gasteiger charge is 2.32. The summed E-state index contributed by atoms with van der Waals surface area (Å²) in [6.07, 6.45) is 1.85. The molecule has 1 atom stereocenters. The lowest BCUT2D eigenvalue weighted by Gasteiger charge is -2.25. The second kappa shape index (κ2) is 7.65.